The summed E-state index contributed by atoms with van der Waals surface area (Å²) >= 11 is 0. The van der Waals surface area contributed by atoms with Gasteiger partial charge < -0.3 is 14.6 Å². The molecule has 9 aliphatic carbocycles. The molecule has 1 N–H and O–H groups in total. The molecule has 0 bridgehead atoms. The molecule has 0 aliphatic heterocycles. The summed E-state index contributed by atoms with van der Waals surface area (Å²) in [7, 11) is 0. The molecule has 47 heavy (non-hydrogen) atoms. The fourth-order valence-electron chi connectivity index (χ4n) is 15.1. The van der Waals surface area contributed by atoms with Crippen LogP contribution in [0.25, 0.3) is 0 Å². The van der Waals surface area contributed by atoms with Gasteiger partial charge in [0, 0.05) is 13.0 Å². The first-order valence-corrected chi connectivity index (χ1v) is 21.6. The Morgan fingerprint density at radius 3 is 1.87 bits per heavy atom. The predicted octanol–water partition coefficient (Wildman–Crippen LogP) is 9.47. The molecular weight excluding hydrogens is 580 g/mol. The molecule has 0 aromatic rings. The van der Waals surface area contributed by atoms with Crippen LogP contribution >= 0.6 is 0 Å². The normalized spacial score (nSPS) is 47.3. The third-order valence-electron chi connectivity index (χ3n) is 17.5. The Morgan fingerprint density at radius 1 is 0.553 bits per heavy atom. The van der Waals surface area contributed by atoms with Gasteiger partial charge >= 0.3 is 5.97 Å². The molecule has 0 unspecified atom stereocenters. The van der Waals surface area contributed by atoms with Crippen LogP contribution in [0.3, 0.4) is 0 Å². The van der Waals surface area contributed by atoms with Crippen molar-refractivity contribution in [3.63, 3.8) is 0 Å². The second kappa shape index (κ2) is 13.8. The molecule has 0 amide bonds. The minimum atomic E-state index is -0.377. The predicted molar refractivity (Wildman–Crippen MR) is 185 cm³/mol. The third kappa shape index (κ3) is 5.61. The standard InChI is InChI=1S/C43H68O4/c44-24-28(46-21-11-7-2-1-4-8-12-26-15-16-33-34(22-26)39-30-18-17-29(30)38(33)39)25-47-36(45)14-10-6-3-5-9-13-27-23-35-37(27)43-41-32-20-19-31(32)40(41)42(35)43/h26-35,37-44H,1-25H2/t26-,27-,28+,29-,30+,31-,32+,33+,34-,35-,37+,38-,39+,40+,41-,42-,43+/m0/s1. The number of aliphatic hydroxyl groups excluding tert-OH is 1. The number of aliphatic hydroxyl groups is 1. The summed E-state index contributed by atoms with van der Waals surface area (Å²) in [6.07, 6.45) is 29.3. The molecule has 9 aliphatic rings. The maximum atomic E-state index is 12.3. The molecule has 9 fully saturated rings. The highest BCUT2D eigenvalue weighted by molar-refractivity contribution is 5.69. The summed E-state index contributed by atoms with van der Waals surface area (Å²) in [6.45, 7) is 0.767. The highest BCUT2D eigenvalue weighted by Crippen LogP contribution is 2.84. The SMILES string of the molecule is O=C(CCCCCCC[C@H]1C[C@@H]2[C@H]3[C@@H]4[C@H]5CC[C@H]5[C@@H]4[C@H]3[C@H]12)OC[C@@H](CO)OCCCCCCCC[C@H]1CC[C@@H]2[C@H](C1)[C@H]1[C@@H]3CC[C@@H]3[C@@H]21. The topological polar surface area (TPSA) is 55.8 Å². The van der Waals surface area contributed by atoms with Crippen LogP contribution in [0.15, 0.2) is 0 Å². The van der Waals surface area contributed by atoms with E-state index >= 15 is 0 Å². The summed E-state index contributed by atoms with van der Waals surface area (Å²) in [4.78, 5) is 12.3. The summed E-state index contributed by atoms with van der Waals surface area (Å²) in [5, 5.41) is 9.70. The van der Waals surface area contributed by atoms with E-state index in [4.69, 9.17) is 9.47 Å². The number of rotatable bonds is 21. The van der Waals surface area contributed by atoms with Crippen molar-refractivity contribution in [3.05, 3.63) is 0 Å². The molecule has 0 aromatic heterocycles. The Bertz CT molecular complexity index is 1080. The summed E-state index contributed by atoms with van der Waals surface area (Å²) < 4.78 is 11.3. The van der Waals surface area contributed by atoms with Gasteiger partial charge in [0.25, 0.3) is 0 Å². The number of carbonyl (C=O) groups excluding carboxylic acids is 1. The molecule has 4 heteroatoms. The van der Waals surface area contributed by atoms with Gasteiger partial charge in [0.2, 0.25) is 0 Å². The van der Waals surface area contributed by atoms with Crippen molar-refractivity contribution in [1.29, 1.82) is 0 Å². The fourth-order valence-corrected chi connectivity index (χ4v) is 15.1. The largest absolute Gasteiger partial charge is 0.463 e. The summed E-state index contributed by atoms with van der Waals surface area (Å²) in [6, 6.07) is 0. The number of esters is 1. The molecule has 264 valence electrons. The second-order valence-electron chi connectivity index (χ2n) is 19.1. The molecule has 0 spiro atoms. The molecular formula is C43H68O4. The molecule has 0 radical (unpaired) electrons. The van der Waals surface area contributed by atoms with Crippen molar-refractivity contribution >= 4 is 5.97 Å². The zero-order valence-electron chi connectivity index (χ0n) is 29.7. The van der Waals surface area contributed by atoms with E-state index in [1.165, 1.54) is 130 Å². The van der Waals surface area contributed by atoms with Crippen LogP contribution in [-0.4, -0.2) is 37.0 Å². The molecule has 9 rings (SSSR count). The number of fused-ring (bicyclic) bond motifs is 17. The Balaban J connectivity index is 0.535. The number of ether oxygens (including phenoxy) is 2. The minimum Gasteiger partial charge on any atom is -0.463 e. The smallest absolute Gasteiger partial charge is 0.305 e. The molecule has 0 heterocycles. The average Bonchev–Trinajstić information content (AvgIpc) is 3.04. The van der Waals surface area contributed by atoms with Gasteiger partial charge in [-0.25, -0.2) is 0 Å². The highest BCUT2D eigenvalue weighted by Gasteiger charge is 2.79. The average molecular weight is 649 g/mol. The van der Waals surface area contributed by atoms with Crippen molar-refractivity contribution in [2.24, 2.45) is 94.7 Å². The van der Waals surface area contributed by atoms with Crippen LogP contribution in [0.4, 0.5) is 0 Å². The zero-order valence-corrected chi connectivity index (χ0v) is 29.7. The first-order valence-electron chi connectivity index (χ1n) is 21.6. The van der Waals surface area contributed by atoms with Crippen molar-refractivity contribution in [3.8, 4) is 0 Å². The minimum absolute atomic E-state index is 0.0783. The van der Waals surface area contributed by atoms with Crippen LogP contribution in [0.1, 0.15) is 141 Å². The van der Waals surface area contributed by atoms with Crippen molar-refractivity contribution in [1.82, 2.24) is 0 Å². The van der Waals surface area contributed by atoms with Gasteiger partial charge in [0.1, 0.15) is 12.7 Å². The van der Waals surface area contributed by atoms with Gasteiger partial charge in [-0.2, -0.15) is 0 Å². The number of hydrogen-bond acceptors (Lipinski definition) is 4. The molecule has 0 saturated heterocycles. The van der Waals surface area contributed by atoms with Crippen LogP contribution in [-0.2, 0) is 14.3 Å². The quantitative estimate of drug-likeness (QED) is 0.0765. The molecule has 0 aromatic carbocycles. The van der Waals surface area contributed by atoms with Crippen LogP contribution in [0.2, 0.25) is 0 Å². The summed E-state index contributed by atoms with van der Waals surface area (Å²) in [5.74, 6) is 18.5. The van der Waals surface area contributed by atoms with Crippen LogP contribution in [0.5, 0.6) is 0 Å². The maximum absolute atomic E-state index is 12.3. The Hall–Kier alpha value is -0.610. The lowest BCUT2D eigenvalue weighted by Crippen LogP contribution is -2.80. The molecule has 17 atom stereocenters. The van der Waals surface area contributed by atoms with E-state index in [1.807, 2.05) is 0 Å². The molecule has 4 nitrogen and oxygen atoms in total. The number of carbonyl (C=O) groups is 1. The van der Waals surface area contributed by atoms with E-state index in [0.29, 0.717) is 13.0 Å². The van der Waals surface area contributed by atoms with E-state index in [2.05, 4.69) is 0 Å². The second-order valence-corrected chi connectivity index (χ2v) is 19.1. The monoisotopic (exact) mass is 649 g/mol. The van der Waals surface area contributed by atoms with E-state index in [1.54, 1.807) is 44.9 Å². The maximum Gasteiger partial charge on any atom is 0.305 e. The lowest BCUT2D eigenvalue weighted by molar-refractivity contribution is -0.375. The van der Waals surface area contributed by atoms with Gasteiger partial charge in [0.15, 0.2) is 0 Å². The first kappa shape index (κ1) is 32.3. The zero-order chi connectivity index (χ0) is 31.5. The lowest BCUT2D eigenvalue weighted by Gasteiger charge is -2.85. The number of unbranched alkanes of at least 4 members (excludes halogenated alkanes) is 9. The third-order valence-corrected chi connectivity index (χ3v) is 17.5. The Morgan fingerprint density at radius 2 is 1.13 bits per heavy atom. The van der Waals surface area contributed by atoms with Gasteiger partial charge in [-0.1, -0.05) is 77.0 Å². The van der Waals surface area contributed by atoms with Gasteiger partial charge in [-0.3, -0.25) is 4.79 Å². The van der Waals surface area contributed by atoms with Crippen molar-refractivity contribution in [2.75, 3.05) is 19.8 Å². The van der Waals surface area contributed by atoms with E-state index in [0.717, 1.165) is 54.8 Å². The number of hydrogen-bond donors (Lipinski definition) is 1. The van der Waals surface area contributed by atoms with Crippen LogP contribution < -0.4 is 0 Å². The van der Waals surface area contributed by atoms with E-state index < -0.39 is 0 Å². The molecule has 9 saturated carbocycles. The van der Waals surface area contributed by atoms with Gasteiger partial charge in [-0.05, 0) is 152 Å². The van der Waals surface area contributed by atoms with Gasteiger partial charge in [0.05, 0.1) is 6.61 Å². The highest BCUT2D eigenvalue weighted by atomic mass is 16.6. The van der Waals surface area contributed by atoms with E-state index in [9.17, 15) is 9.90 Å². The summed E-state index contributed by atoms with van der Waals surface area (Å²) in [5.41, 5.74) is 0. The first-order chi connectivity index (χ1) is 23.2. The van der Waals surface area contributed by atoms with E-state index in [-0.39, 0.29) is 25.3 Å². The lowest BCUT2D eigenvalue weighted by atomic mass is 9.20. The Kier molecular flexibility index (Phi) is 9.51. The van der Waals surface area contributed by atoms with Crippen LogP contribution in [0, 0.1) is 94.7 Å². The fraction of sp³-hybridized carbons (Fsp3) is 0.977. The van der Waals surface area contributed by atoms with Crippen molar-refractivity contribution < 1.29 is 19.4 Å². The van der Waals surface area contributed by atoms with Gasteiger partial charge in [-0.15, -0.1) is 0 Å². The Labute approximate surface area is 286 Å². The van der Waals surface area contributed by atoms with Crippen molar-refractivity contribution in [2.45, 2.75) is 147 Å².